The highest BCUT2D eigenvalue weighted by Crippen LogP contribution is 2.16. The van der Waals surface area contributed by atoms with E-state index in [0.29, 0.717) is 13.2 Å². The molecule has 2 rings (SSSR count). The third-order valence-corrected chi connectivity index (χ3v) is 4.50. The normalized spacial score (nSPS) is 17.0. The zero-order chi connectivity index (χ0) is 19.3. The SMILES string of the molecule is CCCCCCNC(=NCc1cccc(NC(=O)C2CCCO2)c1)NCC. The number of aliphatic imine (C=N–C) groups is 1. The number of benzene rings is 1. The van der Waals surface area contributed by atoms with Crippen molar-refractivity contribution < 1.29 is 9.53 Å². The van der Waals surface area contributed by atoms with Gasteiger partial charge in [0.05, 0.1) is 6.54 Å². The molecule has 1 aromatic carbocycles. The van der Waals surface area contributed by atoms with Crippen LogP contribution >= 0.6 is 0 Å². The van der Waals surface area contributed by atoms with E-state index in [4.69, 9.17) is 4.74 Å². The Labute approximate surface area is 163 Å². The summed E-state index contributed by atoms with van der Waals surface area (Å²) < 4.78 is 5.43. The standard InChI is InChI=1S/C21H34N4O2/c1-3-5-6-7-13-23-21(22-4-2)24-16-17-10-8-11-18(15-17)25-20(26)19-12-9-14-27-19/h8,10-11,15,19H,3-7,9,12-14,16H2,1-2H3,(H,25,26)(H2,22,23,24). The van der Waals surface area contributed by atoms with Gasteiger partial charge in [-0.15, -0.1) is 0 Å². The van der Waals surface area contributed by atoms with Crippen molar-refractivity contribution in [1.82, 2.24) is 10.6 Å². The number of rotatable bonds is 10. The highest BCUT2D eigenvalue weighted by atomic mass is 16.5. The second-order valence-electron chi connectivity index (χ2n) is 6.87. The van der Waals surface area contributed by atoms with Gasteiger partial charge in [0.2, 0.25) is 0 Å². The van der Waals surface area contributed by atoms with Gasteiger partial charge in [0.15, 0.2) is 5.96 Å². The van der Waals surface area contributed by atoms with Crippen LogP contribution in [0.3, 0.4) is 0 Å². The van der Waals surface area contributed by atoms with Gasteiger partial charge >= 0.3 is 0 Å². The van der Waals surface area contributed by atoms with Gasteiger partial charge in [-0.05, 0) is 43.9 Å². The van der Waals surface area contributed by atoms with Gasteiger partial charge in [0.25, 0.3) is 5.91 Å². The van der Waals surface area contributed by atoms with Crippen LogP contribution in [0.25, 0.3) is 0 Å². The van der Waals surface area contributed by atoms with Crippen molar-refractivity contribution in [2.75, 3.05) is 25.0 Å². The van der Waals surface area contributed by atoms with E-state index in [-0.39, 0.29) is 12.0 Å². The van der Waals surface area contributed by atoms with Gasteiger partial charge < -0.3 is 20.7 Å². The maximum Gasteiger partial charge on any atom is 0.253 e. The van der Waals surface area contributed by atoms with Crippen LogP contribution in [0.15, 0.2) is 29.3 Å². The third kappa shape index (κ3) is 7.99. The van der Waals surface area contributed by atoms with E-state index in [1.54, 1.807) is 0 Å². The Kier molecular flexibility index (Phi) is 9.69. The van der Waals surface area contributed by atoms with Crippen LogP contribution in [-0.4, -0.2) is 37.7 Å². The Bertz CT molecular complexity index is 598. The smallest absolute Gasteiger partial charge is 0.253 e. The van der Waals surface area contributed by atoms with Crippen molar-refractivity contribution in [3.05, 3.63) is 29.8 Å². The first-order chi connectivity index (χ1) is 13.2. The summed E-state index contributed by atoms with van der Waals surface area (Å²) in [6.07, 6.45) is 6.35. The highest BCUT2D eigenvalue weighted by Gasteiger charge is 2.23. The van der Waals surface area contributed by atoms with Crippen molar-refractivity contribution >= 4 is 17.6 Å². The largest absolute Gasteiger partial charge is 0.368 e. The Balaban J connectivity index is 1.86. The lowest BCUT2D eigenvalue weighted by Crippen LogP contribution is -2.37. The van der Waals surface area contributed by atoms with E-state index in [1.165, 1.54) is 19.3 Å². The van der Waals surface area contributed by atoms with Gasteiger partial charge in [-0.2, -0.15) is 0 Å². The summed E-state index contributed by atoms with van der Waals surface area (Å²) in [7, 11) is 0. The van der Waals surface area contributed by atoms with Gasteiger partial charge in [-0.3, -0.25) is 4.79 Å². The molecular formula is C21H34N4O2. The molecule has 6 nitrogen and oxygen atoms in total. The molecule has 0 spiro atoms. The molecule has 1 amide bonds. The molecule has 1 aliphatic heterocycles. The molecule has 0 saturated carbocycles. The Morgan fingerprint density at radius 1 is 1.22 bits per heavy atom. The van der Waals surface area contributed by atoms with Crippen LogP contribution < -0.4 is 16.0 Å². The van der Waals surface area contributed by atoms with E-state index in [0.717, 1.165) is 49.6 Å². The van der Waals surface area contributed by atoms with E-state index < -0.39 is 0 Å². The molecule has 27 heavy (non-hydrogen) atoms. The molecule has 1 heterocycles. The number of carbonyl (C=O) groups excluding carboxylic acids is 1. The fourth-order valence-corrected chi connectivity index (χ4v) is 3.03. The Hall–Kier alpha value is -2.08. The van der Waals surface area contributed by atoms with Crippen molar-refractivity contribution in [1.29, 1.82) is 0 Å². The zero-order valence-corrected chi connectivity index (χ0v) is 16.7. The average molecular weight is 375 g/mol. The lowest BCUT2D eigenvalue weighted by Gasteiger charge is -2.12. The minimum Gasteiger partial charge on any atom is -0.368 e. The van der Waals surface area contributed by atoms with Gasteiger partial charge in [0, 0.05) is 25.4 Å². The summed E-state index contributed by atoms with van der Waals surface area (Å²) >= 11 is 0. The predicted octanol–water partition coefficient (Wildman–Crippen LogP) is 3.44. The molecule has 0 radical (unpaired) electrons. The van der Waals surface area contributed by atoms with Crippen molar-refractivity contribution in [3.63, 3.8) is 0 Å². The molecule has 6 heteroatoms. The molecule has 1 saturated heterocycles. The first kappa shape index (κ1) is 21.2. The molecule has 0 aromatic heterocycles. The minimum atomic E-state index is -0.316. The van der Waals surface area contributed by atoms with Gasteiger partial charge in [-0.25, -0.2) is 4.99 Å². The van der Waals surface area contributed by atoms with Crippen LogP contribution in [0.2, 0.25) is 0 Å². The predicted molar refractivity (Wildman–Crippen MR) is 111 cm³/mol. The molecule has 1 aromatic rings. The van der Waals surface area contributed by atoms with Crippen LogP contribution in [0.5, 0.6) is 0 Å². The number of hydrogen-bond donors (Lipinski definition) is 3. The molecule has 150 valence electrons. The monoisotopic (exact) mass is 374 g/mol. The summed E-state index contributed by atoms with van der Waals surface area (Å²) in [4.78, 5) is 16.8. The molecule has 1 atom stereocenters. The third-order valence-electron chi connectivity index (χ3n) is 4.50. The topological polar surface area (TPSA) is 74.8 Å². The fourth-order valence-electron chi connectivity index (χ4n) is 3.03. The summed E-state index contributed by atoms with van der Waals surface area (Å²) in [6, 6.07) is 7.84. The first-order valence-electron chi connectivity index (χ1n) is 10.3. The molecule has 3 N–H and O–H groups in total. The maximum absolute atomic E-state index is 12.2. The van der Waals surface area contributed by atoms with Crippen LogP contribution in [-0.2, 0) is 16.1 Å². The molecule has 1 unspecified atom stereocenters. The number of amides is 1. The van der Waals surface area contributed by atoms with Crippen LogP contribution in [0.1, 0.15) is 57.9 Å². The average Bonchev–Trinajstić information content (AvgIpc) is 3.21. The number of carbonyl (C=O) groups is 1. The van der Waals surface area contributed by atoms with E-state index >= 15 is 0 Å². The van der Waals surface area contributed by atoms with Gasteiger partial charge in [0.1, 0.15) is 6.10 Å². The summed E-state index contributed by atoms with van der Waals surface area (Å²) in [5.74, 6) is 0.776. The second kappa shape index (κ2) is 12.3. The molecular weight excluding hydrogens is 340 g/mol. The lowest BCUT2D eigenvalue weighted by atomic mass is 10.2. The highest BCUT2D eigenvalue weighted by molar-refractivity contribution is 5.94. The lowest BCUT2D eigenvalue weighted by molar-refractivity contribution is -0.124. The number of guanidine groups is 1. The number of hydrogen-bond acceptors (Lipinski definition) is 3. The molecule has 1 fully saturated rings. The van der Waals surface area contributed by atoms with Gasteiger partial charge in [-0.1, -0.05) is 38.3 Å². The minimum absolute atomic E-state index is 0.0600. The first-order valence-corrected chi connectivity index (χ1v) is 10.3. The van der Waals surface area contributed by atoms with E-state index in [2.05, 4.69) is 34.8 Å². The number of unbranched alkanes of at least 4 members (excludes halogenated alkanes) is 3. The number of nitrogens with one attached hydrogen (secondary N) is 3. The quantitative estimate of drug-likeness (QED) is 0.333. The maximum atomic E-state index is 12.2. The second-order valence-corrected chi connectivity index (χ2v) is 6.87. The summed E-state index contributed by atoms with van der Waals surface area (Å²) in [5, 5.41) is 9.61. The number of nitrogens with zero attached hydrogens (tertiary/aromatic N) is 1. The Morgan fingerprint density at radius 3 is 2.85 bits per heavy atom. The van der Waals surface area contributed by atoms with Crippen LogP contribution in [0.4, 0.5) is 5.69 Å². The summed E-state index contributed by atoms with van der Waals surface area (Å²) in [6.45, 7) is 7.28. The molecule has 0 aliphatic carbocycles. The number of ether oxygens (including phenoxy) is 1. The Morgan fingerprint density at radius 2 is 2.11 bits per heavy atom. The van der Waals surface area contributed by atoms with E-state index in [9.17, 15) is 4.79 Å². The van der Waals surface area contributed by atoms with Crippen LogP contribution in [0, 0.1) is 0 Å². The van der Waals surface area contributed by atoms with Crippen molar-refractivity contribution in [2.45, 2.75) is 65.0 Å². The number of anilines is 1. The van der Waals surface area contributed by atoms with Crippen molar-refractivity contribution in [2.24, 2.45) is 4.99 Å². The molecule has 1 aliphatic rings. The summed E-state index contributed by atoms with van der Waals surface area (Å²) in [5.41, 5.74) is 1.85. The van der Waals surface area contributed by atoms with E-state index in [1.807, 2.05) is 24.3 Å². The zero-order valence-electron chi connectivity index (χ0n) is 16.7. The molecule has 0 bridgehead atoms. The fraction of sp³-hybridized carbons (Fsp3) is 0.619. The van der Waals surface area contributed by atoms with Crippen molar-refractivity contribution in [3.8, 4) is 0 Å².